The van der Waals surface area contributed by atoms with Gasteiger partial charge in [0.05, 0.1) is 31.0 Å². The van der Waals surface area contributed by atoms with E-state index >= 15 is 0 Å². The fourth-order valence-electron chi connectivity index (χ4n) is 3.47. The van der Waals surface area contributed by atoms with Crippen LogP contribution in [0.15, 0.2) is 24.3 Å². The summed E-state index contributed by atoms with van der Waals surface area (Å²) in [4.78, 5) is 39.5. The van der Waals surface area contributed by atoms with Crippen molar-refractivity contribution in [1.29, 1.82) is 0 Å². The number of nitrogens with zero attached hydrogens (tertiary/aromatic N) is 3. The molecule has 3 rings (SSSR count). The topological polar surface area (TPSA) is 112 Å². The van der Waals surface area contributed by atoms with Crippen molar-refractivity contribution < 1.29 is 33.4 Å². The number of nitrogens with one attached hydrogen (secondary N) is 1. The van der Waals surface area contributed by atoms with Gasteiger partial charge in [0.15, 0.2) is 6.30 Å². The summed E-state index contributed by atoms with van der Waals surface area (Å²) >= 11 is 0. The number of carbonyl (C=O) groups is 3. The minimum absolute atomic E-state index is 0.0269. The minimum Gasteiger partial charge on any atom is -0.465 e. The van der Waals surface area contributed by atoms with Gasteiger partial charge in [-0.1, -0.05) is 12.1 Å². The number of rotatable bonds is 4. The van der Waals surface area contributed by atoms with E-state index in [-0.39, 0.29) is 26.2 Å². The van der Waals surface area contributed by atoms with Crippen LogP contribution in [0.5, 0.6) is 0 Å². The van der Waals surface area contributed by atoms with Gasteiger partial charge in [-0.05, 0) is 32.9 Å². The van der Waals surface area contributed by atoms with Gasteiger partial charge < -0.3 is 24.8 Å². The Morgan fingerprint density at radius 2 is 1.90 bits per heavy atom. The summed E-state index contributed by atoms with van der Waals surface area (Å²) in [7, 11) is 0. The average Bonchev–Trinajstić information content (AvgIpc) is 3.05. The summed E-state index contributed by atoms with van der Waals surface area (Å²) in [5, 5.41) is 10.9. The van der Waals surface area contributed by atoms with Crippen molar-refractivity contribution in [2.24, 2.45) is 0 Å². The fraction of sp³-hybridized carbons (Fsp3) is 0.550. The van der Waals surface area contributed by atoms with Gasteiger partial charge in [0.25, 0.3) is 0 Å². The number of ether oxygens (including phenoxy) is 2. The standard InChI is InChI=1S/C20H27FN4O6/c1-20(2,3)31-19(29)24-9-8-23(12-16(24)21)14-6-4-5-7-15(14)25-11-13(30-18(25)28)10-22-17(26)27/h4-7,13,16,22H,8-12H2,1-3H3,(H,26,27)/t13-,16?/m0/s1. The molecule has 170 valence electrons. The number of halogens is 1. The number of anilines is 2. The van der Waals surface area contributed by atoms with Crippen LogP contribution in [0.25, 0.3) is 0 Å². The Bertz CT molecular complexity index is 845. The lowest BCUT2D eigenvalue weighted by molar-refractivity contribution is -0.00598. The van der Waals surface area contributed by atoms with Crippen LogP contribution in [0.4, 0.5) is 30.1 Å². The predicted octanol–water partition coefficient (Wildman–Crippen LogP) is 2.63. The molecule has 2 atom stereocenters. The zero-order valence-corrected chi connectivity index (χ0v) is 17.7. The second kappa shape index (κ2) is 8.86. The molecule has 3 amide bonds. The first kappa shape index (κ1) is 22.4. The zero-order chi connectivity index (χ0) is 22.8. The van der Waals surface area contributed by atoms with Gasteiger partial charge in [-0.2, -0.15) is 0 Å². The van der Waals surface area contributed by atoms with E-state index in [1.165, 1.54) is 4.90 Å². The Labute approximate surface area is 179 Å². The third-order valence-electron chi connectivity index (χ3n) is 4.82. The van der Waals surface area contributed by atoms with Crippen molar-refractivity contribution in [3.05, 3.63) is 24.3 Å². The van der Waals surface area contributed by atoms with Gasteiger partial charge in [0.1, 0.15) is 11.7 Å². The number of benzene rings is 1. The first-order valence-corrected chi connectivity index (χ1v) is 9.98. The second-order valence-corrected chi connectivity index (χ2v) is 8.35. The lowest BCUT2D eigenvalue weighted by Crippen LogP contribution is -2.54. The Morgan fingerprint density at radius 3 is 2.52 bits per heavy atom. The lowest BCUT2D eigenvalue weighted by atomic mass is 10.2. The summed E-state index contributed by atoms with van der Waals surface area (Å²) < 4.78 is 25.4. The van der Waals surface area contributed by atoms with Gasteiger partial charge >= 0.3 is 18.3 Å². The molecule has 10 nitrogen and oxygen atoms in total. The Hall–Kier alpha value is -3.24. The molecule has 0 spiro atoms. The molecule has 1 aromatic rings. The van der Waals surface area contributed by atoms with Crippen molar-refractivity contribution >= 4 is 29.7 Å². The Kier molecular flexibility index (Phi) is 6.42. The van der Waals surface area contributed by atoms with Crippen LogP contribution in [0.2, 0.25) is 0 Å². The van der Waals surface area contributed by atoms with E-state index in [4.69, 9.17) is 14.6 Å². The van der Waals surface area contributed by atoms with E-state index in [0.717, 1.165) is 4.90 Å². The van der Waals surface area contributed by atoms with Crippen molar-refractivity contribution in [1.82, 2.24) is 10.2 Å². The monoisotopic (exact) mass is 438 g/mol. The largest absolute Gasteiger partial charge is 0.465 e. The maximum atomic E-state index is 14.8. The summed E-state index contributed by atoms with van der Waals surface area (Å²) in [6.45, 7) is 5.69. The highest BCUT2D eigenvalue weighted by atomic mass is 19.1. The van der Waals surface area contributed by atoms with Crippen LogP contribution in [0, 0.1) is 0 Å². The van der Waals surface area contributed by atoms with Gasteiger partial charge in [0, 0.05) is 13.1 Å². The van der Waals surface area contributed by atoms with E-state index in [2.05, 4.69) is 5.32 Å². The second-order valence-electron chi connectivity index (χ2n) is 8.35. The van der Waals surface area contributed by atoms with Crippen LogP contribution in [0.1, 0.15) is 20.8 Å². The molecule has 0 saturated carbocycles. The van der Waals surface area contributed by atoms with Gasteiger partial charge in [-0.3, -0.25) is 9.80 Å². The van der Waals surface area contributed by atoms with Crippen LogP contribution in [0.3, 0.4) is 0 Å². The molecule has 11 heteroatoms. The molecule has 2 heterocycles. The molecule has 0 radical (unpaired) electrons. The number of amides is 3. The first-order chi connectivity index (χ1) is 14.5. The zero-order valence-electron chi connectivity index (χ0n) is 17.7. The molecule has 0 aromatic heterocycles. The number of cyclic esters (lactones) is 1. The number of para-hydroxylation sites is 2. The van der Waals surface area contributed by atoms with Crippen molar-refractivity contribution in [3.8, 4) is 0 Å². The summed E-state index contributed by atoms with van der Waals surface area (Å²) in [5.74, 6) is 0. The first-order valence-electron chi connectivity index (χ1n) is 9.98. The molecule has 1 unspecified atom stereocenters. The summed E-state index contributed by atoms with van der Waals surface area (Å²) in [6.07, 6.45) is -4.71. The molecular weight excluding hydrogens is 411 g/mol. The highest BCUT2D eigenvalue weighted by Gasteiger charge is 2.37. The number of alkyl halides is 1. The quantitative estimate of drug-likeness (QED) is 0.695. The molecule has 1 aromatic carbocycles. The summed E-state index contributed by atoms with van der Waals surface area (Å²) in [6, 6.07) is 7.01. The van der Waals surface area contributed by atoms with Crippen LogP contribution < -0.4 is 15.1 Å². The number of hydrogen-bond acceptors (Lipinski definition) is 6. The van der Waals surface area contributed by atoms with Crippen LogP contribution >= 0.6 is 0 Å². The number of hydrogen-bond donors (Lipinski definition) is 2. The average molecular weight is 438 g/mol. The SMILES string of the molecule is CC(C)(C)OC(=O)N1CCN(c2ccccc2N2C[C@H](CNC(=O)O)OC2=O)CC1F. The third kappa shape index (κ3) is 5.47. The van der Waals surface area contributed by atoms with Crippen molar-refractivity contribution in [2.45, 2.75) is 38.8 Å². The number of carbonyl (C=O) groups excluding carboxylic acids is 2. The van der Waals surface area contributed by atoms with E-state index < -0.39 is 36.3 Å². The third-order valence-corrected chi connectivity index (χ3v) is 4.82. The Balaban J connectivity index is 1.71. The summed E-state index contributed by atoms with van der Waals surface area (Å²) in [5.41, 5.74) is 0.434. The maximum absolute atomic E-state index is 14.8. The normalized spacial score (nSPS) is 21.7. The number of carboxylic acid groups (broad SMARTS) is 1. The van der Waals surface area contributed by atoms with Crippen molar-refractivity contribution in [2.75, 3.05) is 42.5 Å². The van der Waals surface area contributed by atoms with E-state index in [9.17, 15) is 18.8 Å². The molecule has 0 aliphatic carbocycles. The molecule has 2 saturated heterocycles. The molecule has 0 bridgehead atoms. The molecule has 31 heavy (non-hydrogen) atoms. The maximum Gasteiger partial charge on any atom is 0.414 e. The van der Waals surface area contributed by atoms with E-state index in [0.29, 0.717) is 17.9 Å². The van der Waals surface area contributed by atoms with Crippen LogP contribution in [-0.4, -0.2) is 79.0 Å². The van der Waals surface area contributed by atoms with Gasteiger partial charge in [-0.15, -0.1) is 0 Å². The van der Waals surface area contributed by atoms with Gasteiger partial charge in [-0.25, -0.2) is 18.8 Å². The Morgan fingerprint density at radius 1 is 1.23 bits per heavy atom. The van der Waals surface area contributed by atoms with Crippen LogP contribution in [-0.2, 0) is 9.47 Å². The van der Waals surface area contributed by atoms with Gasteiger partial charge in [0.2, 0.25) is 0 Å². The van der Waals surface area contributed by atoms with Crippen molar-refractivity contribution in [3.63, 3.8) is 0 Å². The molecule has 2 aliphatic rings. The fourth-order valence-corrected chi connectivity index (χ4v) is 3.47. The molecular formula is C20H27FN4O6. The lowest BCUT2D eigenvalue weighted by Gasteiger charge is -2.40. The smallest absolute Gasteiger partial charge is 0.414 e. The highest BCUT2D eigenvalue weighted by Crippen LogP contribution is 2.34. The molecule has 2 fully saturated rings. The minimum atomic E-state index is -1.57. The predicted molar refractivity (Wildman–Crippen MR) is 110 cm³/mol. The molecule has 2 N–H and O–H groups in total. The highest BCUT2D eigenvalue weighted by molar-refractivity contribution is 5.94. The molecule has 2 aliphatic heterocycles. The van der Waals surface area contributed by atoms with E-state index in [1.54, 1.807) is 49.9 Å². The van der Waals surface area contributed by atoms with E-state index in [1.807, 2.05) is 0 Å². The number of piperazine rings is 1.